The fourth-order valence-corrected chi connectivity index (χ4v) is 7.81. The van der Waals surface area contributed by atoms with Crippen LogP contribution in [0.3, 0.4) is 0 Å². The van der Waals surface area contributed by atoms with Gasteiger partial charge in [-0.3, -0.25) is 5.32 Å². The van der Waals surface area contributed by atoms with Crippen molar-refractivity contribution in [3.05, 3.63) is 95.6 Å². The number of aromatic nitrogens is 2. The summed E-state index contributed by atoms with van der Waals surface area (Å²) in [4.78, 5) is 24.6. The summed E-state index contributed by atoms with van der Waals surface area (Å²) in [6, 6.07) is 23.9. The topological polar surface area (TPSA) is 120 Å². The second kappa shape index (κ2) is 13.1. The molecule has 2 aliphatic rings. The fraction of sp³-hybridized carbons (Fsp3) is 0.303. The van der Waals surface area contributed by atoms with Crippen molar-refractivity contribution in [2.24, 2.45) is 0 Å². The summed E-state index contributed by atoms with van der Waals surface area (Å²) < 4.78 is 44.2. The first-order valence-electron chi connectivity index (χ1n) is 14.7. The summed E-state index contributed by atoms with van der Waals surface area (Å²) in [6.07, 6.45) is -0.151. The van der Waals surface area contributed by atoms with Crippen LogP contribution in [0, 0.1) is 0 Å². The zero-order valence-corrected chi connectivity index (χ0v) is 26.3. The van der Waals surface area contributed by atoms with Gasteiger partial charge >= 0.3 is 6.09 Å². The number of sulfone groups is 1. The van der Waals surface area contributed by atoms with Gasteiger partial charge in [0.1, 0.15) is 16.3 Å². The third-order valence-electron chi connectivity index (χ3n) is 8.12. The molecule has 2 fully saturated rings. The third kappa shape index (κ3) is 6.53. The number of para-hydroxylation sites is 1. The van der Waals surface area contributed by atoms with E-state index in [1.807, 2.05) is 13.0 Å². The summed E-state index contributed by atoms with van der Waals surface area (Å²) in [5, 5.41) is 3.18. The van der Waals surface area contributed by atoms with Crippen LogP contribution >= 0.6 is 11.6 Å². The van der Waals surface area contributed by atoms with Crippen molar-refractivity contribution in [3.63, 3.8) is 0 Å². The van der Waals surface area contributed by atoms with Crippen LogP contribution < -0.4 is 15.0 Å². The smallest absolute Gasteiger partial charge is 0.410 e. The number of rotatable bonds is 7. The average Bonchev–Trinajstić information content (AvgIpc) is 3.06. The van der Waals surface area contributed by atoms with E-state index in [9.17, 15) is 13.2 Å². The summed E-state index contributed by atoms with van der Waals surface area (Å²) in [5.74, 6) is 1.42. The molecule has 0 spiro atoms. The Kier molecular flexibility index (Phi) is 9.04. The van der Waals surface area contributed by atoms with Gasteiger partial charge < -0.3 is 19.1 Å². The second-order valence-corrected chi connectivity index (χ2v) is 13.7. The number of ether oxygens (including phenoxy) is 3. The molecule has 2 aliphatic heterocycles. The largest absolute Gasteiger partial charge is 0.417 e. The van der Waals surface area contributed by atoms with Crippen molar-refractivity contribution in [1.29, 1.82) is 0 Å². The molecule has 2 saturated heterocycles. The van der Waals surface area contributed by atoms with E-state index in [1.165, 1.54) is 12.1 Å². The first kappa shape index (κ1) is 31.0. The normalized spacial score (nSPS) is 18.3. The Morgan fingerprint density at radius 3 is 2.36 bits per heavy atom. The molecule has 0 unspecified atom stereocenters. The van der Waals surface area contributed by atoms with E-state index in [0.717, 1.165) is 0 Å². The molecule has 1 amide bonds. The number of carbonyl (C=O) groups excluding carboxylic acids is 1. The molecule has 12 heteroatoms. The summed E-state index contributed by atoms with van der Waals surface area (Å²) in [5.41, 5.74) is 1.59. The molecule has 3 aromatic carbocycles. The van der Waals surface area contributed by atoms with Gasteiger partial charge in [-0.2, -0.15) is 0 Å². The van der Waals surface area contributed by atoms with Gasteiger partial charge in [0.05, 0.1) is 29.8 Å². The zero-order chi connectivity index (χ0) is 31.4. The minimum absolute atomic E-state index is 0.0232. The number of morpholine rings is 1. The van der Waals surface area contributed by atoms with Crippen molar-refractivity contribution in [2.45, 2.75) is 35.4 Å². The number of hydrogen-bond donors (Lipinski definition) is 1. The molecule has 45 heavy (non-hydrogen) atoms. The van der Waals surface area contributed by atoms with E-state index >= 15 is 0 Å². The minimum atomic E-state index is -3.93. The number of hydrogen-bond acceptors (Lipinski definition) is 9. The summed E-state index contributed by atoms with van der Waals surface area (Å²) >= 11 is 6.10. The van der Waals surface area contributed by atoms with Crippen molar-refractivity contribution >= 4 is 39.0 Å². The lowest BCUT2D eigenvalue weighted by molar-refractivity contribution is 0.0729. The fourth-order valence-electron chi connectivity index (χ4n) is 5.66. The van der Waals surface area contributed by atoms with E-state index in [4.69, 9.17) is 35.8 Å². The summed E-state index contributed by atoms with van der Waals surface area (Å²) in [7, 11) is -3.93. The first-order chi connectivity index (χ1) is 21.7. The SMILES string of the molecule is C[C@H]1COCCN1c1cc(C2(S(=O)(=O)c3ccc(Cl)cc3)CCOCC2)nc(-c2ccc(NC(=O)Oc3ccccc3)cc2)n1. The maximum Gasteiger partial charge on any atom is 0.417 e. The van der Waals surface area contributed by atoms with Gasteiger partial charge in [0, 0.05) is 42.1 Å². The maximum atomic E-state index is 14.5. The number of nitrogens with one attached hydrogen (secondary N) is 1. The van der Waals surface area contributed by atoms with Gasteiger partial charge in [0.25, 0.3) is 0 Å². The van der Waals surface area contributed by atoms with E-state index in [2.05, 4.69) is 10.2 Å². The molecule has 6 rings (SSSR count). The molecular formula is C33H33ClN4O6S. The van der Waals surface area contributed by atoms with E-state index in [-0.39, 0.29) is 37.0 Å². The Morgan fingerprint density at radius 2 is 1.67 bits per heavy atom. The maximum absolute atomic E-state index is 14.5. The Morgan fingerprint density at radius 1 is 0.956 bits per heavy atom. The minimum Gasteiger partial charge on any atom is -0.410 e. The van der Waals surface area contributed by atoms with Crippen molar-refractivity contribution in [1.82, 2.24) is 9.97 Å². The third-order valence-corrected chi connectivity index (χ3v) is 10.9. The van der Waals surface area contributed by atoms with Crippen molar-refractivity contribution in [2.75, 3.05) is 43.2 Å². The predicted octanol–water partition coefficient (Wildman–Crippen LogP) is 6.11. The summed E-state index contributed by atoms with van der Waals surface area (Å²) in [6.45, 7) is 4.24. The van der Waals surface area contributed by atoms with Crippen LogP contribution in [-0.4, -0.2) is 63.5 Å². The quantitative estimate of drug-likeness (QED) is 0.253. The number of nitrogens with zero attached hydrogens (tertiary/aromatic N) is 3. The molecule has 4 aromatic rings. The van der Waals surface area contributed by atoms with Crippen molar-refractivity contribution < 1.29 is 27.4 Å². The van der Waals surface area contributed by atoms with E-state index < -0.39 is 20.7 Å². The van der Waals surface area contributed by atoms with Gasteiger partial charge in [-0.1, -0.05) is 29.8 Å². The number of anilines is 2. The van der Waals surface area contributed by atoms with E-state index in [1.54, 1.807) is 66.7 Å². The molecule has 0 bridgehead atoms. The highest BCUT2D eigenvalue weighted by Crippen LogP contribution is 2.44. The molecule has 1 aromatic heterocycles. The predicted molar refractivity (Wildman–Crippen MR) is 172 cm³/mol. The number of halogens is 1. The lowest BCUT2D eigenvalue weighted by atomic mass is 9.94. The Bertz CT molecular complexity index is 1750. The molecule has 1 atom stereocenters. The zero-order valence-electron chi connectivity index (χ0n) is 24.7. The Hall–Kier alpha value is -4.03. The first-order valence-corrected chi connectivity index (χ1v) is 16.6. The van der Waals surface area contributed by atoms with Crippen LogP contribution in [-0.2, 0) is 24.1 Å². The highest BCUT2D eigenvalue weighted by Gasteiger charge is 2.49. The molecule has 1 N–H and O–H groups in total. The standard InChI is InChI=1S/C33H33ClN4O6S/c1-23-22-43-20-17-38(23)30-21-29(33(15-18-42-19-16-33)45(40,41)28-13-9-25(34)10-14-28)36-31(37-30)24-7-11-26(12-8-24)35-32(39)44-27-5-3-2-4-6-27/h2-14,21,23H,15-20,22H2,1H3,(H,35,39)/t23-/m0/s1. The van der Waals surface area contributed by atoms with Gasteiger partial charge in [0.15, 0.2) is 15.7 Å². The number of amides is 1. The number of carbonyl (C=O) groups is 1. The molecule has 0 radical (unpaired) electrons. The van der Waals surface area contributed by atoms with Crippen LogP contribution in [0.15, 0.2) is 89.8 Å². The molecule has 10 nitrogen and oxygen atoms in total. The lowest BCUT2D eigenvalue weighted by Gasteiger charge is -2.38. The average molecular weight is 649 g/mol. The molecule has 0 aliphatic carbocycles. The van der Waals surface area contributed by atoms with Crippen LogP contribution in [0.1, 0.15) is 25.5 Å². The molecular weight excluding hydrogens is 616 g/mol. The highest BCUT2D eigenvalue weighted by molar-refractivity contribution is 7.92. The van der Waals surface area contributed by atoms with Gasteiger partial charge in [-0.25, -0.2) is 23.2 Å². The van der Waals surface area contributed by atoms with Gasteiger partial charge in [-0.15, -0.1) is 0 Å². The van der Waals surface area contributed by atoms with Crippen molar-refractivity contribution in [3.8, 4) is 17.1 Å². The molecule has 3 heterocycles. The number of benzene rings is 3. The molecule has 234 valence electrons. The van der Waals surface area contributed by atoms with Gasteiger partial charge in [0.2, 0.25) is 0 Å². The van der Waals surface area contributed by atoms with Gasteiger partial charge in [-0.05, 0) is 80.4 Å². The van der Waals surface area contributed by atoms with E-state index in [0.29, 0.717) is 59.1 Å². The van der Waals surface area contributed by atoms with Crippen LogP contribution in [0.25, 0.3) is 11.4 Å². The second-order valence-electron chi connectivity index (χ2n) is 11.0. The van der Waals surface area contributed by atoms with Crippen LogP contribution in [0.4, 0.5) is 16.3 Å². The van der Waals surface area contributed by atoms with Crippen LogP contribution in [0.5, 0.6) is 5.75 Å². The Balaban J connectivity index is 1.39. The Labute approximate surface area is 267 Å². The lowest BCUT2D eigenvalue weighted by Crippen LogP contribution is -2.45. The highest BCUT2D eigenvalue weighted by atomic mass is 35.5. The van der Waals surface area contributed by atoms with Crippen LogP contribution in [0.2, 0.25) is 5.02 Å². The molecule has 0 saturated carbocycles. The monoisotopic (exact) mass is 648 g/mol.